The van der Waals surface area contributed by atoms with Gasteiger partial charge in [0.2, 0.25) is 0 Å². The quantitative estimate of drug-likeness (QED) is 0.569. The van der Waals surface area contributed by atoms with Crippen LogP contribution in [0.5, 0.6) is 0 Å². The lowest BCUT2D eigenvalue weighted by atomic mass is 10.3. The molecule has 4 nitrogen and oxygen atoms in total. The Bertz CT molecular complexity index is 424. The minimum Gasteiger partial charge on any atom is -0.392 e. The fourth-order valence-corrected chi connectivity index (χ4v) is 2.66. The standard InChI is InChI=1S/C15H27N3OS/c1-6-8-13-17-14(16-9-7-2)10(3)15(18-13)20-12(5)11(4)19/h11-12,19H,6-9H2,1-5H3,(H,16,17,18). The molecule has 2 atom stereocenters. The van der Waals surface area contributed by atoms with Crippen LogP contribution in [0.4, 0.5) is 5.82 Å². The van der Waals surface area contributed by atoms with Crippen molar-refractivity contribution in [2.45, 2.75) is 70.3 Å². The number of aliphatic hydroxyl groups excluding tert-OH is 1. The number of rotatable bonds is 8. The van der Waals surface area contributed by atoms with E-state index < -0.39 is 0 Å². The average Bonchev–Trinajstić information content (AvgIpc) is 2.40. The predicted octanol–water partition coefficient (Wildman–Crippen LogP) is 3.42. The van der Waals surface area contributed by atoms with Gasteiger partial charge in [-0.1, -0.05) is 20.8 Å². The number of aryl methyl sites for hydroxylation is 1. The van der Waals surface area contributed by atoms with Crippen LogP contribution in [0.1, 0.15) is 51.9 Å². The zero-order valence-corrected chi connectivity index (χ0v) is 14.0. The summed E-state index contributed by atoms with van der Waals surface area (Å²) < 4.78 is 0. The highest BCUT2D eigenvalue weighted by atomic mass is 32.2. The molecule has 1 aromatic heterocycles. The van der Waals surface area contributed by atoms with Crippen molar-refractivity contribution in [2.75, 3.05) is 11.9 Å². The molecule has 2 N–H and O–H groups in total. The molecule has 0 radical (unpaired) electrons. The Hall–Kier alpha value is -0.810. The summed E-state index contributed by atoms with van der Waals surface area (Å²) in [5, 5.41) is 14.2. The molecule has 114 valence electrons. The normalized spacial score (nSPS) is 14.1. The molecule has 1 rings (SSSR count). The Morgan fingerprint density at radius 3 is 2.45 bits per heavy atom. The summed E-state index contributed by atoms with van der Waals surface area (Å²) in [5.41, 5.74) is 1.08. The zero-order chi connectivity index (χ0) is 15.1. The van der Waals surface area contributed by atoms with Crippen LogP contribution in [0.3, 0.4) is 0 Å². The van der Waals surface area contributed by atoms with E-state index in [2.05, 4.69) is 29.1 Å². The van der Waals surface area contributed by atoms with Gasteiger partial charge in [-0.3, -0.25) is 0 Å². The zero-order valence-electron chi connectivity index (χ0n) is 13.2. The number of nitrogens with one attached hydrogen (secondary N) is 1. The molecular formula is C15H27N3OS. The van der Waals surface area contributed by atoms with Gasteiger partial charge in [0, 0.05) is 23.8 Å². The second-order valence-corrected chi connectivity index (χ2v) is 6.52. The minimum absolute atomic E-state index is 0.122. The summed E-state index contributed by atoms with van der Waals surface area (Å²) >= 11 is 1.62. The Morgan fingerprint density at radius 2 is 1.90 bits per heavy atom. The van der Waals surface area contributed by atoms with Crippen LogP contribution in [0, 0.1) is 6.92 Å². The van der Waals surface area contributed by atoms with Crippen molar-refractivity contribution in [2.24, 2.45) is 0 Å². The molecule has 0 amide bonds. The highest BCUT2D eigenvalue weighted by molar-refractivity contribution is 7.99. The van der Waals surface area contributed by atoms with E-state index in [0.717, 1.165) is 48.0 Å². The highest BCUT2D eigenvalue weighted by Crippen LogP contribution is 2.29. The molecule has 20 heavy (non-hydrogen) atoms. The Morgan fingerprint density at radius 1 is 1.20 bits per heavy atom. The van der Waals surface area contributed by atoms with E-state index in [1.54, 1.807) is 11.8 Å². The first-order valence-corrected chi connectivity index (χ1v) is 8.33. The average molecular weight is 297 g/mol. The first-order chi connectivity index (χ1) is 9.49. The molecule has 0 saturated carbocycles. The lowest BCUT2D eigenvalue weighted by Gasteiger charge is -2.17. The van der Waals surface area contributed by atoms with E-state index >= 15 is 0 Å². The summed E-state index contributed by atoms with van der Waals surface area (Å²) in [6.45, 7) is 11.1. The molecule has 0 aliphatic carbocycles. The number of hydrogen-bond donors (Lipinski definition) is 2. The monoisotopic (exact) mass is 297 g/mol. The van der Waals surface area contributed by atoms with Gasteiger partial charge in [-0.2, -0.15) is 0 Å². The molecule has 1 aromatic rings. The van der Waals surface area contributed by atoms with E-state index in [1.807, 2.05) is 20.8 Å². The van der Waals surface area contributed by atoms with Gasteiger partial charge in [0.1, 0.15) is 16.7 Å². The molecule has 0 aliphatic rings. The van der Waals surface area contributed by atoms with Crippen molar-refractivity contribution in [1.82, 2.24) is 9.97 Å². The van der Waals surface area contributed by atoms with Crippen molar-refractivity contribution in [1.29, 1.82) is 0 Å². The first-order valence-electron chi connectivity index (χ1n) is 7.45. The van der Waals surface area contributed by atoms with Gasteiger partial charge < -0.3 is 10.4 Å². The summed E-state index contributed by atoms with van der Waals surface area (Å²) in [4.78, 5) is 9.27. The number of thioether (sulfide) groups is 1. The molecule has 5 heteroatoms. The number of nitrogens with zero attached hydrogens (tertiary/aromatic N) is 2. The summed E-state index contributed by atoms with van der Waals surface area (Å²) in [6.07, 6.45) is 2.64. The molecule has 1 heterocycles. The Balaban J connectivity index is 3.03. The largest absolute Gasteiger partial charge is 0.392 e. The van der Waals surface area contributed by atoms with Crippen LogP contribution >= 0.6 is 11.8 Å². The van der Waals surface area contributed by atoms with E-state index in [9.17, 15) is 5.11 Å². The summed E-state index contributed by atoms with van der Waals surface area (Å²) in [7, 11) is 0. The van der Waals surface area contributed by atoms with Crippen molar-refractivity contribution in [3.8, 4) is 0 Å². The van der Waals surface area contributed by atoms with E-state index in [0.29, 0.717) is 0 Å². The SMILES string of the molecule is CCCNc1nc(CCC)nc(SC(C)C(C)O)c1C. The Labute approximate surface area is 126 Å². The molecular weight excluding hydrogens is 270 g/mol. The fraction of sp³-hybridized carbons (Fsp3) is 0.733. The second kappa shape index (κ2) is 8.47. The molecule has 0 aliphatic heterocycles. The lowest BCUT2D eigenvalue weighted by molar-refractivity contribution is 0.196. The van der Waals surface area contributed by atoms with Gasteiger partial charge in [0.05, 0.1) is 6.10 Å². The maximum Gasteiger partial charge on any atom is 0.133 e. The summed E-state index contributed by atoms with van der Waals surface area (Å²) in [5.74, 6) is 1.82. The number of hydrogen-bond acceptors (Lipinski definition) is 5. The maximum absolute atomic E-state index is 9.68. The fourth-order valence-electron chi connectivity index (χ4n) is 1.68. The minimum atomic E-state index is -0.351. The van der Waals surface area contributed by atoms with Gasteiger partial charge >= 0.3 is 0 Å². The van der Waals surface area contributed by atoms with Crippen molar-refractivity contribution < 1.29 is 5.11 Å². The molecule has 0 fully saturated rings. The van der Waals surface area contributed by atoms with Gasteiger partial charge in [-0.25, -0.2) is 9.97 Å². The van der Waals surface area contributed by atoms with Gasteiger partial charge in [-0.15, -0.1) is 11.8 Å². The van der Waals surface area contributed by atoms with E-state index in [1.165, 1.54) is 0 Å². The lowest BCUT2D eigenvalue weighted by Crippen LogP contribution is -2.16. The number of aliphatic hydroxyl groups is 1. The van der Waals surface area contributed by atoms with Crippen LogP contribution < -0.4 is 5.32 Å². The van der Waals surface area contributed by atoms with Crippen molar-refractivity contribution in [3.05, 3.63) is 11.4 Å². The van der Waals surface area contributed by atoms with Crippen molar-refractivity contribution in [3.63, 3.8) is 0 Å². The molecule has 2 unspecified atom stereocenters. The van der Waals surface area contributed by atoms with Crippen LogP contribution in [-0.4, -0.2) is 33.0 Å². The Kier molecular flexibility index (Phi) is 7.30. The van der Waals surface area contributed by atoms with Crippen LogP contribution in [0.15, 0.2) is 5.03 Å². The molecule has 0 spiro atoms. The number of aromatic nitrogens is 2. The highest BCUT2D eigenvalue weighted by Gasteiger charge is 2.16. The van der Waals surface area contributed by atoms with Gasteiger partial charge in [0.25, 0.3) is 0 Å². The van der Waals surface area contributed by atoms with E-state index in [-0.39, 0.29) is 11.4 Å². The summed E-state index contributed by atoms with van der Waals surface area (Å²) in [6, 6.07) is 0. The van der Waals surface area contributed by atoms with Crippen LogP contribution in [0.2, 0.25) is 0 Å². The number of anilines is 1. The predicted molar refractivity (Wildman–Crippen MR) is 86.5 cm³/mol. The maximum atomic E-state index is 9.68. The molecule has 0 aromatic carbocycles. The third kappa shape index (κ3) is 4.94. The molecule has 0 saturated heterocycles. The van der Waals surface area contributed by atoms with Gasteiger partial charge in [0.15, 0.2) is 0 Å². The third-order valence-electron chi connectivity index (χ3n) is 3.14. The van der Waals surface area contributed by atoms with E-state index in [4.69, 9.17) is 0 Å². The topological polar surface area (TPSA) is 58.0 Å². The van der Waals surface area contributed by atoms with Gasteiger partial charge in [-0.05, 0) is 26.7 Å². The smallest absolute Gasteiger partial charge is 0.133 e. The molecule has 0 bridgehead atoms. The van der Waals surface area contributed by atoms with Crippen LogP contribution in [-0.2, 0) is 6.42 Å². The third-order valence-corrected chi connectivity index (χ3v) is 4.53. The van der Waals surface area contributed by atoms with Crippen LogP contribution in [0.25, 0.3) is 0 Å². The van der Waals surface area contributed by atoms with Crippen molar-refractivity contribution >= 4 is 17.6 Å². The second-order valence-electron chi connectivity index (χ2n) is 5.16. The first kappa shape index (κ1) is 17.2.